The number of methoxy groups -OCH3 is 2. The van der Waals surface area contributed by atoms with E-state index in [2.05, 4.69) is 28.3 Å². The highest BCUT2D eigenvalue weighted by molar-refractivity contribution is 5.85. The monoisotopic (exact) mass is 426 g/mol. The summed E-state index contributed by atoms with van der Waals surface area (Å²) >= 11 is 0. The van der Waals surface area contributed by atoms with E-state index in [9.17, 15) is 0 Å². The first-order valence-electron chi connectivity index (χ1n) is 8.97. The average Bonchev–Trinajstić information content (AvgIpc) is 3.06. The molecule has 0 amide bonds. The van der Waals surface area contributed by atoms with E-state index < -0.39 is 0 Å². The number of pyridine rings is 1. The summed E-state index contributed by atoms with van der Waals surface area (Å²) in [6, 6.07) is 9.72. The molecule has 3 aromatic rings. The molecule has 0 N–H and O–H groups in total. The van der Waals surface area contributed by atoms with E-state index in [1.807, 2.05) is 36.5 Å². The summed E-state index contributed by atoms with van der Waals surface area (Å²) in [7, 11) is 3.32. The topological polar surface area (TPSA) is 52.4 Å². The molecule has 0 aliphatic rings. The zero-order valence-corrected chi connectivity index (χ0v) is 18.3. The minimum Gasteiger partial charge on any atom is -0.497 e. The van der Waals surface area contributed by atoms with Crippen molar-refractivity contribution in [1.82, 2.24) is 19.4 Å². The standard InChI is InChI=1S/C20H26N4O2.2ClH/c1-5-23(6-2)12-13-24-19(22-17-8-7-11-21-20(17)24)16-10-9-15(25-3)14-18(16)26-4;;/h7-11,14H,5-6,12-13H2,1-4H3;2*1H. The number of hydrogen-bond donors (Lipinski definition) is 0. The Bertz CT molecular complexity index is 882. The van der Waals surface area contributed by atoms with Crippen LogP contribution in [-0.4, -0.2) is 53.3 Å². The number of rotatable bonds is 8. The lowest BCUT2D eigenvalue weighted by molar-refractivity contribution is 0.292. The van der Waals surface area contributed by atoms with Crippen molar-refractivity contribution in [3.8, 4) is 22.9 Å². The Balaban J connectivity index is 0.00000196. The SMILES string of the molecule is CCN(CC)CCn1c(-c2ccc(OC)cc2OC)nc2cccnc21.Cl.Cl. The smallest absolute Gasteiger partial charge is 0.160 e. The highest BCUT2D eigenvalue weighted by Crippen LogP contribution is 2.34. The summed E-state index contributed by atoms with van der Waals surface area (Å²) in [6.07, 6.45) is 1.81. The Hall–Kier alpha value is -2.02. The summed E-state index contributed by atoms with van der Waals surface area (Å²) in [4.78, 5) is 11.8. The van der Waals surface area contributed by atoms with Gasteiger partial charge in [-0.2, -0.15) is 0 Å². The maximum atomic E-state index is 5.60. The van der Waals surface area contributed by atoms with Crippen LogP contribution in [-0.2, 0) is 6.54 Å². The number of hydrogen-bond acceptors (Lipinski definition) is 5. The number of benzene rings is 1. The molecule has 0 atom stereocenters. The van der Waals surface area contributed by atoms with Crippen LogP contribution in [0.5, 0.6) is 11.5 Å². The van der Waals surface area contributed by atoms with Crippen LogP contribution in [0.2, 0.25) is 0 Å². The van der Waals surface area contributed by atoms with Crippen LogP contribution in [0.15, 0.2) is 36.5 Å². The lowest BCUT2D eigenvalue weighted by Gasteiger charge is -2.19. The number of nitrogens with zero attached hydrogens (tertiary/aromatic N) is 4. The summed E-state index contributed by atoms with van der Waals surface area (Å²) in [5, 5.41) is 0. The fraction of sp³-hybridized carbons (Fsp3) is 0.400. The molecule has 154 valence electrons. The Morgan fingerprint density at radius 2 is 1.79 bits per heavy atom. The van der Waals surface area contributed by atoms with E-state index in [0.29, 0.717) is 0 Å². The number of ether oxygens (including phenoxy) is 2. The van der Waals surface area contributed by atoms with Gasteiger partial charge in [0.15, 0.2) is 5.65 Å². The van der Waals surface area contributed by atoms with Crippen LogP contribution in [0.3, 0.4) is 0 Å². The third-order valence-electron chi connectivity index (χ3n) is 4.69. The molecule has 0 saturated carbocycles. The lowest BCUT2D eigenvalue weighted by Crippen LogP contribution is -2.27. The molecular weight excluding hydrogens is 399 g/mol. The van der Waals surface area contributed by atoms with Crippen molar-refractivity contribution in [2.75, 3.05) is 33.9 Å². The van der Waals surface area contributed by atoms with Crippen LogP contribution in [0.25, 0.3) is 22.6 Å². The maximum Gasteiger partial charge on any atom is 0.160 e. The van der Waals surface area contributed by atoms with Crippen molar-refractivity contribution in [2.45, 2.75) is 20.4 Å². The highest BCUT2D eigenvalue weighted by Gasteiger charge is 2.18. The maximum absolute atomic E-state index is 5.60. The molecule has 1 aromatic carbocycles. The molecule has 3 rings (SSSR count). The fourth-order valence-corrected chi connectivity index (χ4v) is 3.14. The van der Waals surface area contributed by atoms with Gasteiger partial charge < -0.3 is 18.9 Å². The van der Waals surface area contributed by atoms with Crippen molar-refractivity contribution < 1.29 is 9.47 Å². The minimum absolute atomic E-state index is 0. The van der Waals surface area contributed by atoms with Gasteiger partial charge in [0.2, 0.25) is 0 Å². The quantitative estimate of drug-likeness (QED) is 0.537. The normalized spacial score (nSPS) is 10.5. The molecule has 0 aliphatic heterocycles. The van der Waals surface area contributed by atoms with Gasteiger partial charge in [-0.3, -0.25) is 0 Å². The second-order valence-corrected chi connectivity index (χ2v) is 6.03. The van der Waals surface area contributed by atoms with E-state index in [-0.39, 0.29) is 24.8 Å². The van der Waals surface area contributed by atoms with Gasteiger partial charge in [0.05, 0.1) is 19.8 Å². The van der Waals surface area contributed by atoms with E-state index in [4.69, 9.17) is 14.5 Å². The van der Waals surface area contributed by atoms with Gasteiger partial charge in [-0.15, -0.1) is 24.8 Å². The fourth-order valence-electron chi connectivity index (χ4n) is 3.14. The molecule has 0 unspecified atom stereocenters. The molecule has 8 heteroatoms. The van der Waals surface area contributed by atoms with Gasteiger partial charge in [-0.1, -0.05) is 13.8 Å². The van der Waals surface area contributed by atoms with Gasteiger partial charge >= 0.3 is 0 Å². The molecule has 0 fully saturated rings. The molecule has 0 radical (unpaired) electrons. The summed E-state index contributed by atoms with van der Waals surface area (Å²) in [6.45, 7) is 8.18. The van der Waals surface area contributed by atoms with Crippen molar-refractivity contribution in [3.05, 3.63) is 36.5 Å². The van der Waals surface area contributed by atoms with Crippen LogP contribution in [0.1, 0.15) is 13.8 Å². The van der Waals surface area contributed by atoms with Gasteiger partial charge in [-0.25, -0.2) is 9.97 Å². The largest absolute Gasteiger partial charge is 0.497 e. The Labute approximate surface area is 178 Å². The third kappa shape index (κ3) is 4.87. The molecule has 0 aliphatic carbocycles. The second kappa shape index (κ2) is 11.1. The number of aromatic nitrogens is 3. The zero-order valence-electron chi connectivity index (χ0n) is 16.7. The van der Waals surface area contributed by atoms with E-state index >= 15 is 0 Å². The average molecular weight is 427 g/mol. The van der Waals surface area contributed by atoms with Crippen LogP contribution in [0, 0.1) is 0 Å². The number of halogens is 2. The molecule has 0 saturated heterocycles. The first kappa shape index (κ1) is 24.0. The molecule has 0 bridgehead atoms. The first-order valence-corrected chi connectivity index (χ1v) is 8.97. The highest BCUT2D eigenvalue weighted by atomic mass is 35.5. The predicted molar refractivity (Wildman–Crippen MR) is 118 cm³/mol. The number of imidazole rings is 1. The predicted octanol–water partition coefficient (Wildman–Crippen LogP) is 4.30. The lowest BCUT2D eigenvalue weighted by atomic mass is 10.1. The van der Waals surface area contributed by atoms with Gasteiger partial charge in [0.25, 0.3) is 0 Å². The van der Waals surface area contributed by atoms with Crippen molar-refractivity contribution >= 4 is 36.0 Å². The van der Waals surface area contributed by atoms with Crippen LogP contribution < -0.4 is 9.47 Å². The van der Waals surface area contributed by atoms with Crippen LogP contribution >= 0.6 is 24.8 Å². The van der Waals surface area contributed by atoms with E-state index in [1.165, 1.54) is 0 Å². The summed E-state index contributed by atoms with van der Waals surface area (Å²) < 4.78 is 13.1. The van der Waals surface area contributed by atoms with Gasteiger partial charge in [-0.05, 0) is 37.4 Å². The molecule has 0 spiro atoms. The number of likely N-dealkylation sites (N-methyl/N-ethyl adjacent to an activating group) is 1. The number of fused-ring (bicyclic) bond motifs is 1. The first-order chi connectivity index (χ1) is 12.7. The minimum atomic E-state index is 0. The third-order valence-corrected chi connectivity index (χ3v) is 4.69. The molecule has 2 aromatic heterocycles. The molecule has 2 heterocycles. The Kier molecular flexibility index (Phi) is 9.52. The van der Waals surface area contributed by atoms with Crippen molar-refractivity contribution in [2.24, 2.45) is 0 Å². The Morgan fingerprint density at radius 1 is 1.04 bits per heavy atom. The van der Waals surface area contributed by atoms with Gasteiger partial charge in [0.1, 0.15) is 22.8 Å². The van der Waals surface area contributed by atoms with E-state index in [0.717, 1.165) is 60.2 Å². The van der Waals surface area contributed by atoms with Gasteiger partial charge in [0, 0.05) is 25.4 Å². The van der Waals surface area contributed by atoms with Crippen LogP contribution in [0.4, 0.5) is 0 Å². The van der Waals surface area contributed by atoms with Crippen molar-refractivity contribution in [1.29, 1.82) is 0 Å². The van der Waals surface area contributed by atoms with E-state index in [1.54, 1.807) is 14.2 Å². The molecule has 6 nitrogen and oxygen atoms in total. The molecular formula is C20H28Cl2N4O2. The summed E-state index contributed by atoms with van der Waals surface area (Å²) in [5.74, 6) is 2.36. The second-order valence-electron chi connectivity index (χ2n) is 6.03. The Morgan fingerprint density at radius 3 is 2.43 bits per heavy atom. The zero-order chi connectivity index (χ0) is 18.5. The van der Waals surface area contributed by atoms with Crippen molar-refractivity contribution in [3.63, 3.8) is 0 Å². The summed E-state index contributed by atoms with van der Waals surface area (Å²) in [5.41, 5.74) is 2.72. The molecule has 28 heavy (non-hydrogen) atoms.